The maximum atomic E-state index is 12.1. The van der Waals surface area contributed by atoms with Gasteiger partial charge in [0.15, 0.2) is 5.11 Å². The molecule has 1 aromatic heterocycles. The Morgan fingerprint density at radius 3 is 2.75 bits per heavy atom. The van der Waals surface area contributed by atoms with Gasteiger partial charge in [-0.2, -0.15) is 5.26 Å². The first-order chi connectivity index (χ1) is 11.3. The van der Waals surface area contributed by atoms with Crippen LogP contribution in [0.5, 0.6) is 0 Å². The lowest BCUT2D eigenvalue weighted by Crippen LogP contribution is -2.34. The number of nitro groups is 1. The lowest BCUT2D eigenvalue weighted by atomic mass is 10.2. The molecule has 0 atom stereocenters. The number of nitro benzene ring substituents is 1. The first-order valence-corrected chi connectivity index (χ1v) is 7.92. The van der Waals surface area contributed by atoms with Gasteiger partial charge in [0.25, 0.3) is 11.6 Å². The van der Waals surface area contributed by atoms with E-state index >= 15 is 0 Å². The fraction of sp³-hybridized carbons (Fsp3) is 0.133. The zero-order chi connectivity index (χ0) is 17.9. The molecule has 1 heterocycles. The highest BCUT2D eigenvalue weighted by atomic mass is 32.1. The summed E-state index contributed by atoms with van der Waals surface area (Å²) in [4.78, 5) is 23.3. The first-order valence-electron chi connectivity index (χ1n) is 6.70. The van der Waals surface area contributed by atoms with Crippen LogP contribution >= 0.6 is 23.6 Å². The molecule has 0 aliphatic heterocycles. The predicted molar refractivity (Wildman–Crippen MR) is 95.3 cm³/mol. The molecule has 0 saturated carbocycles. The molecule has 122 valence electrons. The quantitative estimate of drug-likeness (QED) is 0.494. The summed E-state index contributed by atoms with van der Waals surface area (Å²) in [6.45, 7) is 3.72. The highest BCUT2D eigenvalue weighted by Gasteiger charge is 2.16. The Kier molecular flexibility index (Phi) is 5.23. The van der Waals surface area contributed by atoms with E-state index in [1.165, 1.54) is 29.5 Å². The second-order valence-electron chi connectivity index (χ2n) is 4.81. The van der Waals surface area contributed by atoms with Crippen molar-refractivity contribution in [2.45, 2.75) is 13.8 Å². The van der Waals surface area contributed by atoms with E-state index in [0.717, 1.165) is 16.5 Å². The van der Waals surface area contributed by atoms with Crippen LogP contribution in [0.3, 0.4) is 0 Å². The number of hydrogen-bond acceptors (Lipinski definition) is 6. The molecule has 0 aliphatic carbocycles. The molecule has 24 heavy (non-hydrogen) atoms. The van der Waals surface area contributed by atoms with E-state index < -0.39 is 10.8 Å². The largest absolute Gasteiger partial charge is 0.323 e. The topological polar surface area (TPSA) is 108 Å². The summed E-state index contributed by atoms with van der Waals surface area (Å²) in [5, 5.41) is 25.8. The van der Waals surface area contributed by atoms with Gasteiger partial charge in [0, 0.05) is 22.6 Å². The van der Waals surface area contributed by atoms with Crippen LogP contribution in [-0.2, 0) is 0 Å². The summed E-state index contributed by atoms with van der Waals surface area (Å²) in [6, 6.07) is 7.43. The Morgan fingerprint density at radius 1 is 1.42 bits per heavy atom. The zero-order valence-corrected chi connectivity index (χ0v) is 14.4. The van der Waals surface area contributed by atoms with E-state index in [-0.39, 0.29) is 16.4 Å². The molecule has 9 heteroatoms. The first kappa shape index (κ1) is 17.5. The summed E-state index contributed by atoms with van der Waals surface area (Å²) in [7, 11) is 0. The second-order valence-corrected chi connectivity index (χ2v) is 6.45. The van der Waals surface area contributed by atoms with Gasteiger partial charge in [0.1, 0.15) is 11.1 Å². The normalized spacial score (nSPS) is 9.88. The fourth-order valence-corrected chi connectivity index (χ4v) is 3.19. The van der Waals surface area contributed by atoms with Crippen molar-refractivity contribution in [3.05, 3.63) is 55.9 Å². The standard InChI is InChI=1S/C15H12N4O3S2/c1-8-9(2)24-14(12(8)7-16)18-15(23)17-13(20)10-4-3-5-11(6-10)19(21)22/h3-6H,1-2H3,(H2,17,18,20,23). The third kappa shape index (κ3) is 3.73. The summed E-state index contributed by atoms with van der Waals surface area (Å²) in [6.07, 6.45) is 0. The fourth-order valence-electron chi connectivity index (χ4n) is 1.92. The Labute approximate surface area is 147 Å². The number of aryl methyl sites for hydroxylation is 1. The number of thiophene rings is 1. The average molecular weight is 360 g/mol. The molecule has 7 nitrogen and oxygen atoms in total. The number of anilines is 1. The number of nitrogens with one attached hydrogen (secondary N) is 2. The van der Waals surface area contributed by atoms with E-state index in [1.54, 1.807) is 0 Å². The Bertz CT molecular complexity index is 883. The van der Waals surface area contributed by atoms with E-state index in [4.69, 9.17) is 12.2 Å². The molecule has 0 radical (unpaired) electrons. The number of nitrogens with zero attached hydrogens (tertiary/aromatic N) is 2. The second kappa shape index (κ2) is 7.16. The smallest absolute Gasteiger partial charge is 0.270 e. The summed E-state index contributed by atoms with van der Waals surface area (Å²) < 4.78 is 0. The Hall–Kier alpha value is -2.83. The average Bonchev–Trinajstić information content (AvgIpc) is 2.80. The molecule has 1 amide bonds. The van der Waals surface area contributed by atoms with Crippen LogP contribution in [0.1, 0.15) is 26.4 Å². The number of non-ortho nitro benzene ring substituents is 1. The van der Waals surface area contributed by atoms with Crippen LogP contribution < -0.4 is 10.6 Å². The van der Waals surface area contributed by atoms with Crippen molar-refractivity contribution >= 4 is 45.3 Å². The van der Waals surface area contributed by atoms with Gasteiger partial charge in [-0.1, -0.05) is 6.07 Å². The number of nitriles is 1. The lowest BCUT2D eigenvalue weighted by molar-refractivity contribution is -0.384. The number of carbonyl (C=O) groups excluding carboxylic acids is 1. The number of thiocarbonyl (C=S) groups is 1. The summed E-state index contributed by atoms with van der Waals surface area (Å²) >= 11 is 6.44. The molecule has 0 bridgehead atoms. The highest BCUT2D eigenvalue weighted by Crippen LogP contribution is 2.31. The van der Waals surface area contributed by atoms with E-state index in [9.17, 15) is 20.2 Å². The zero-order valence-electron chi connectivity index (χ0n) is 12.7. The Balaban J connectivity index is 2.12. The van der Waals surface area contributed by atoms with Crippen LogP contribution in [0.25, 0.3) is 0 Å². The number of carbonyl (C=O) groups is 1. The SMILES string of the molecule is Cc1sc(NC(=S)NC(=O)c2cccc([N+](=O)[O-])c2)c(C#N)c1C. The number of benzene rings is 1. The van der Waals surface area contributed by atoms with Crippen LogP contribution in [0.15, 0.2) is 24.3 Å². The van der Waals surface area contributed by atoms with Gasteiger partial charge >= 0.3 is 0 Å². The van der Waals surface area contributed by atoms with Crippen molar-refractivity contribution in [3.8, 4) is 6.07 Å². The number of rotatable bonds is 3. The molecule has 1 aromatic carbocycles. The van der Waals surface area contributed by atoms with Gasteiger partial charge in [-0.25, -0.2) is 0 Å². The molecular formula is C15H12N4O3S2. The minimum atomic E-state index is -0.580. The van der Waals surface area contributed by atoms with Crippen LogP contribution in [0, 0.1) is 35.3 Å². The van der Waals surface area contributed by atoms with Gasteiger partial charge in [0.05, 0.1) is 10.5 Å². The molecule has 0 saturated heterocycles. The minimum Gasteiger partial charge on any atom is -0.323 e. The number of hydrogen-bond donors (Lipinski definition) is 2. The van der Waals surface area contributed by atoms with E-state index in [0.29, 0.717) is 10.6 Å². The highest BCUT2D eigenvalue weighted by molar-refractivity contribution is 7.80. The van der Waals surface area contributed by atoms with E-state index in [2.05, 4.69) is 16.7 Å². The lowest BCUT2D eigenvalue weighted by Gasteiger charge is -2.08. The van der Waals surface area contributed by atoms with Crippen LogP contribution in [0.4, 0.5) is 10.7 Å². The molecule has 0 fully saturated rings. The van der Waals surface area contributed by atoms with Crippen LogP contribution in [0.2, 0.25) is 0 Å². The van der Waals surface area contributed by atoms with Gasteiger partial charge in [-0.15, -0.1) is 11.3 Å². The minimum absolute atomic E-state index is 0.0178. The maximum Gasteiger partial charge on any atom is 0.270 e. The molecular weight excluding hydrogens is 348 g/mol. The van der Waals surface area contributed by atoms with Gasteiger partial charge in [0.2, 0.25) is 0 Å². The van der Waals surface area contributed by atoms with Gasteiger partial charge in [-0.3, -0.25) is 20.2 Å². The monoisotopic (exact) mass is 360 g/mol. The molecule has 2 N–H and O–H groups in total. The van der Waals surface area contributed by atoms with Gasteiger partial charge in [-0.05, 0) is 37.7 Å². The Morgan fingerprint density at radius 2 is 2.12 bits per heavy atom. The van der Waals surface area contributed by atoms with Crippen molar-refractivity contribution < 1.29 is 9.72 Å². The van der Waals surface area contributed by atoms with Crippen molar-refractivity contribution in [2.75, 3.05) is 5.32 Å². The van der Waals surface area contributed by atoms with E-state index in [1.807, 2.05) is 13.8 Å². The van der Waals surface area contributed by atoms with Crippen LogP contribution in [-0.4, -0.2) is 15.9 Å². The predicted octanol–water partition coefficient (Wildman–Crippen LogP) is 3.27. The summed E-state index contributed by atoms with van der Waals surface area (Å²) in [5.41, 5.74) is 1.27. The molecule has 2 rings (SSSR count). The third-order valence-corrected chi connectivity index (χ3v) is 4.60. The van der Waals surface area contributed by atoms with Crippen molar-refractivity contribution in [3.63, 3.8) is 0 Å². The van der Waals surface area contributed by atoms with Crippen molar-refractivity contribution in [1.29, 1.82) is 5.26 Å². The maximum absolute atomic E-state index is 12.1. The summed E-state index contributed by atoms with van der Waals surface area (Å²) in [5.74, 6) is -0.570. The van der Waals surface area contributed by atoms with Crippen molar-refractivity contribution in [2.24, 2.45) is 0 Å². The van der Waals surface area contributed by atoms with Crippen molar-refractivity contribution in [1.82, 2.24) is 5.32 Å². The third-order valence-electron chi connectivity index (χ3n) is 3.27. The molecule has 0 unspecified atom stereocenters. The molecule has 0 spiro atoms. The number of amides is 1. The molecule has 0 aliphatic rings. The molecule has 2 aromatic rings. The van der Waals surface area contributed by atoms with Gasteiger partial charge < -0.3 is 5.32 Å².